The van der Waals surface area contributed by atoms with Gasteiger partial charge in [-0.25, -0.2) is 0 Å². The van der Waals surface area contributed by atoms with E-state index in [4.69, 9.17) is 24.2 Å². The molecule has 2 aromatic rings. The lowest BCUT2D eigenvalue weighted by atomic mass is 10.2. The summed E-state index contributed by atoms with van der Waals surface area (Å²) < 4.78 is 21.6. The molecule has 0 bridgehead atoms. The monoisotopic (exact) mass is 283 g/mol. The van der Waals surface area contributed by atoms with Crippen molar-refractivity contribution in [3.8, 4) is 29.1 Å². The van der Waals surface area contributed by atoms with Gasteiger partial charge in [-0.05, 0) is 24.3 Å². The maximum Gasteiger partial charge on any atom is 0.231 e. The van der Waals surface area contributed by atoms with Gasteiger partial charge in [0.2, 0.25) is 6.79 Å². The molecule has 1 heterocycles. The number of benzene rings is 2. The number of hydrogen-bond donors (Lipinski definition) is 0. The largest absolute Gasteiger partial charge is 0.490 e. The number of rotatable bonds is 5. The van der Waals surface area contributed by atoms with Gasteiger partial charge >= 0.3 is 0 Å². The molecule has 0 aromatic heterocycles. The maximum atomic E-state index is 8.96. The van der Waals surface area contributed by atoms with Crippen LogP contribution in [0.15, 0.2) is 42.5 Å². The third-order valence-corrected chi connectivity index (χ3v) is 2.96. The Labute approximate surface area is 122 Å². The van der Waals surface area contributed by atoms with Crippen LogP contribution in [0.5, 0.6) is 23.0 Å². The Kier molecular flexibility index (Phi) is 3.79. The predicted molar refractivity (Wildman–Crippen MR) is 74.7 cm³/mol. The van der Waals surface area contributed by atoms with Gasteiger partial charge in [0.05, 0.1) is 5.56 Å². The van der Waals surface area contributed by atoms with Crippen molar-refractivity contribution in [1.82, 2.24) is 0 Å². The minimum Gasteiger partial charge on any atom is -0.490 e. The summed E-state index contributed by atoms with van der Waals surface area (Å²) in [7, 11) is 0. The van der Waals surface area contributed by atoms with Crippen molar-refractivity contribution < 1.29 is 18.9 Å². The van der Waals surface area contributed by atoms with Gasteiger partial charge < -0.3 is 18.9 Å². The Hall–Kier alpha value is -2.87. The van der Waals surface area contributed by atoms with Gasteiger partial charge in [0.25, 0.3) is 0 Å². The number of nitriles is 1. The highest BCUT2D eigenvalue weighted by molar-refractivity contribution is 5.47. The highest BCUT2D eigenvalue weighted by Crippen LogP contribution is 2.35. The zero-order chi connectivity index (χ0) is 14.5. The molecule has 0 aliphatic carbocycles. The second-order valence-corrected chi connectivity index (χ2v) is 4.32. The summed E-state index contributed by atoms with van der Waals surface area (Å²) in [5.41, 5.74) is 0.514. The SMILES string of the molecule is N#Cc1ccccc1OCCOc1ccc2c(c1)OCO2. The number of ether oxygens (including phenoxy) is 4. The van der Waals surface area contributed by atoms with Crippen molar-refractivity contribution in [2.75, 3.05) is 20.0 Å². The zero-order valence-electron chi connectivity index (χ0n) is 11.2. The van der Waals surface area contributed by atoms with Crippen LogP contribution in [0.2, 0.25) is 0 Å². The van der Waals surface area contributed by atoms with Gasteiger partial charge in [-0.3, -0.25) is 0 Å². The molecular formula is C16H13NO4. The maximum absolute atomic E-state index is 8.96. The fraction of sp³-hybridized carbons (Fsp3) is 0.188. The molecule has 0 N–H and O–H groups in total. The molecule has 5 nitrogen and oxygen atoms in total. The molecule has 0 fully saturated rings. The lowest BCUT2D eigenvalue weighted by molar-refractivity contribution is 0.173. The van der Waals surface area contributed by atoms with Crippen LogP contribution in [0.4, 0.5) is 0 Å². The first kappa shape index (κ1) is 13.1. The Morgan fingerprint density at radius 2 is 1.81 bits per heavy atom. The van der Waals surface area contributed by atoms with E-state index in [1.807, 2.05) is 18.2 Å². The fourth-order valence-corrected chi connectivity index (χ4v) is 1.96. The summed E-state index contributed by atoms with van der Waals surface area (Å²) in [6.45, 7) is 0.972. The Morgan fingerprint density at radius 3 is 2.71 bits per heavy atom. The van der Waals surface area contributed by atoms with Crippen molar-refractivity contribution in [2.24, 2.45) is 0 Å². The topological polar surface area (TPSA) is 60.7 Å². The Bertz CT molecular complexity index is 678. The van der Waals surface area contributed by atoms with Crippen LogP contribution in [0.25, 0.3) is 0 Å². The van der Waals surface area contributed by atoms with Crippen molar-refractivity contribution in [3.63, 3.8) is 0 Å². The van der Waals surface area contributed by atoms with E-state index in [9.17, 15) is 0 Å². The van der Waals surface area contributed by atoms with Crippen LogP contribution >= 0.6 is 0 Å². The van der Waals surface area contributed by atoms with E-state index in [1.54, 1.807) is 24.3 Å². The lowest BCUT2D eigenvalue weighted by Crippen LogP contribution is -2.09. The van der Waals surface area contributed by atoms with E-state index in [-0.39, 0.29) is 6.79 Å². The fourth-order valence-electron chi connectivity index (χ4n) is 1.96. The summed E-state index contributed by atoms with van der Waals surface area (Å²) in [6.07, 6.45) is 0. The standard InChI is InChI=1S/C16H13NO4/c17-10-12-3-1-2-4-14(12)19-8-7-18-13-5-6-15-16(9-13)21-11-20-15/h1-6,9H,7-8,11H2. The van der Waals surface area contributed by atoms with Crippen molar-refractivity contribution in [1.29, 1.82) is 5.26 Å². The normalized spacial score (nSPS) is 11.8. The molecule has 3 rings (SSSR count). The molecule has 0 radical (unpaired) electrons. The Morgan fingerprint density at radius 1 is 1.00 bits per heavy atom. The van der Waals surface area contributed by atoms with E-state index in [0.717, 1.165) is 5.75 Å². The van der Waals surface area contributed by atoms with Gasteiger partial charge in [0, 0.05) is 6.07 Å². The summed E-state index contributed by atoms with van der Waals surface area (Å²) in [4.78, 5) is 0. The molecule has 2 aromatic carbocycles. The molecule has 0 amide bonds. The average Bonchev–Trinajstić information content (AvgIpc) is 2.99. The average molecular weight is 283 g/mol. The molecule has 0 spiro atoms. The van der Waals surface area contributed by atoms with Crippen LogP contribution in [-0.2, 0) is 0 Å². The molecule has 0 saturated carbocycles. The first-order valence-corrected chi connectivity index (χ1v) is 6.51. The lowest BCUT2D eigenvalue weighted by Gasteiger charge is -2.09. The Balaban J connectivity index is 1.51. The first-order valence-electron chi connectivity index (χ1n) is 6.51. The number of fused-ring (bicyclic) bond motifs is 1. The van der Waals surface area contributed by atoms with Crippen molar-refractivity contribution >= 4 is 0 Å². The van der Waals surface area contributed by atoms with Gasteiger partial charge in [-0.2, -0.15) is 5.26 Å². The molecule has 0 saturated heterocycles. The van der Waals surface area contributed by atoms with Gasteiger partial charge in [-0.1, -0.05) is 12.1 Å². The number of hydrogen-bond acceptors (Lipinski definition) is 5. The first-order chi connectivity index (χ1) is 10.4. The van der Waals surface area contributed by atoms with Gasteiger partial charge in [-0.15, -0.1) is 0 Å². The molecule has 5 heteroatoms. The smallest absolute Gasteiger partial charge is 0.231 e. The highest BCUT2D eigenvalue weighted by atomic mass is 16.7. The zero-order valence-corrected chi connectivity index (χ0v) is 11.2. The second-order valence-electron chi connectivity index (χ2n) is 4.32. The van der Waals surface area contributed by atoms with Crippen LogP contribution in [0, 0.1) is 11.3 Å². The summed E-state index contributed by atoms with van der Waals surface area (Å²) in [5.74, 6) is 2.66. The highest BCUT2D eigenvalue weighted by Gasteiger charge is 2.13. The van der Waals surface area contributed by atoms with Crippen LogP contribution in [-0.4, -0.2) is 20.0 Å². The molecule has 1 aliphatic rings. The second kappa shape index (κ2) is 6.06. The minimum atomic E-state index is 0.243. The molecule has 1 aliphatic heterocycles. The van der Waals surface area contributed by atoms with Crippen LogP contribution < -0.4 is 18.9 Å². The van der Waals surface area contributed by atoms with Gasteiger partial charge in [0.1, 0.15) is 30.8 Å². The van der Waals surface area contributed by atoms with Crippen molar-refractivity contribution in [3.05, 3.63) is 48.0 Å². The quantitative estimate of drug-likeness (QED) is 0.790. The summed E-state index contributed by atoms with van der Waals surface area (Å²) in [6, 6.07) is 14.6. The van der Waals surface area contributed by atoms with Crippen molar-refractivity contribution in [2.45, 2.75) is 0 Å². The predicted octanol–water partition coefficient (Wildman–Crippen LogP) is 2.74. The van der Waals surface area contributed by atoms with E-state index in [1.165, 1.54) is 0 Å². The third kappa shape index (κ3) is 3.00. The number of para-hydroxylation sites is 1. The summed E-state index contributed by atoms with van der Waals surface area (Å²) in [5, 5.41) is 8.96. The van der Waals surface area contributed by atoms with E-state index >= 15 is 0 Å². The van der Waals surface area contributed by atoms with Crippen LogP contribution in [0.1, 0.15) is 5.56 Å². The molecule has 0 unspecified atom stereocenters. The van der Waals surface area contributed by atoms with Gasteiger partial charge in [0.15, 0.2) is 11.5 Å². The third-order valence-electron chi connectivity index (χ3n) is 2.96. The molecule has 0 atom stereocenters. The molecular weight excluding hydrogens is 270 g/mol. The molecule has 21 heavy (non-hydrogen) atoms. The van der Waals surface area contributed by atoms with Crippen LogP contribution in [0.3, 0.4) is 0 Å². The number of nitrogens with zero attached hydrogens (tertiary/aromatic N) is 1. The van der Waals surface area contributed by atoms with E-state index < -0.39 is 0 Å². The minimum absolute atomic E-state index is 0.243. The van der Waals surface area contributed by atoms with E-state index in [0.29, 0.717) is 36.0 Å². The van der Waals surface area contributed by atoms with E-state index in [2.05, 4.69) is 6.07 Å². The molecule has 106 valence electrons. The summed E-state index contributed by atoms with van der Waals surface area (Å²) >= 11 is 0.